The Kier molecular flexibility index (Phi) is 4.50. The maximum absolute atomic E-state index is 13.5. The summed E-state index contributed by atoms with van der Waals surface area (Å²) in [5, 5.41) is 12.1. The molecule has 1 aromatic carbocycles. The van der Waals surface area contributed by atoms with Crippen LogP contribution in [0.1, 0.15) is 29.3 Å². The third-order valence-corrected chi connectivity index (χ3v) is 3.56. The van der Waals surface area contributed by atoms with Crippen LogP contribution in [0.2, 0.25) is 0 Å². The van der Waals surface area contributed by atoms with Gasteiger partial charge in [-0.2, -0.15) is 0 Å². The molecule has 19 heavy (non-hydrogen) atoms. The Hall–Kier alpha value is -1.46. The average molecular weight is 267 g/mol. The number of carboxylic acids is 1. The lowest BCUT2D eigenvalue weighted by Gasteiger charge is -2.19. The molecular formula is C14H18FNO3. The minimum Gasteiger partial charge on any atom is -0.478 e. The van der Waals surface area contributed by atoms with Crippen molar-refractivity contribution in [3.05, 3.63) is 35.1 Å². The van der Waals surface area contributed by atoms with Crippen LogP contribution in [0, 0.1) is 11.7 Å². The zero-order valence-electron chi connectivity index (χ0n) is 10.9. The minimum atomic E-state index is -1.24. The van der Waals surface area contributed by atoms with Gasteiger partial charge in [-0.1, -0.05) is 6.07 Å². The van der Waals surface area contributed by atoms with Crippen molar-refractivity contribution in [2.75, 3.05) is 13.2 Å². The van der Waals surface area contributed by atoms with Gasteiger partial charge < -0.3 is 15.2 Å². The summed E-state index contributed by atoms with van der Waals surface area (Å²) in [5.74, 6) is -1.44. The molecule has 0 amide bonds. The van der Waals surface area contributed by atoms with E-state index >= 15 is 0 Å². The van der Waals surface area contributed by atoms with Crippen molar-refractivity contribution in [1.82, 2.24) is 5.32 Å². The summed E-state index contributed by atoms with van der Waals surface area (Å²) >= 11 is 0. The molecule has 104 valence electrons. The lowest BCUT2D eigenvalue weighted by atomic mass is 10.0. The Balaban J connectivity index is 1.92. The van der Waals surface area contributed by atoms with Crippen molar-refractivity contribution >= 4 is 5.97 Å². The number of carboxylic acid groups (broad SMARTS) is 1. The zero-order chi connectivity index (χ0) is 13.8. The third-order valence-electron chi connectivity index (χ3n) is 3.56. The van der Waals surface area contributed by atoms with Crippen molar-refractivity contribution in [1.29, 1.82) is 0 Å². The maximum Gasteiger partial charge on any atom is 0.338 e. The Morgan fingerprint density at radius 2 is 2.42 bits per heavy atom. The predicted octanol–water partition coefficient (Wildman–Crippen LogP) is 2.04. The van der Waals surface area contributed by atoms with Crippen molar-refractivity contribution in [3.8, 4) is 0 Å². The number of aromatic carboxylic acids is 1. The molecule has 1 heterocycles. The number of nitrogens with one attached hydrogen (secondary N) is 1. The highest BCUT2D eigenvalue weighted by atomic mass is 19.1. The summed E-state index contributed by atoms with van der Waals surface area (Å²) in [6, 6.07) is 4.51. The molecule has 0 spiro atoms. The highest BCUT2D eigenvalue weighted by Crippen LogP contribution is 2.17. The first-order valence-electron chi connectivity index (χ1n) is 6.41. The molecule has 4 nitrogen and oxygen atoms in total. The van der Waals surface area contributed by atoms with Gasteiger partial charge in [0.1, 0.15) is 5.82 Å². The monoisotopic (exact) mass is 267 g/mol. The first kappa shape index (κ1) is 14.0. The van der Waals surface area contributed by atoms with Gasteiger partial charge in [0.25, 0.3) is 0 Å². The molecule has 0 bridgehead atoms. The van der Waals surface area contributed by atoms with Crippen LogP contribution >= 0.6 is 0 Å². The molecule has 0 radical (unpaired) electrons. The molecule has 2 rings (SSSR count). The highest BCUT2D eigenvalue weighted by molar-refractivity contribution is 5.87. The van der Waals surface area contributed by atoms with Crippen molar-refractivity contribution in [3.63, 3.8) is 0 Å². The van der Waals surface area contributed by atoms with E-state index in [0.717, 1.165) is 25.2 Å². The molecule has 2 atom stereocenters. The van der Waals surface area contributed by atoms with Gasteiger partial charge >= 0.3 is 5.97 Å². The van der Waals surface area contributed by atoms with Crippen molar-refractivity contribution in [2.45, 2.75) is 25.9 Å². The van der Waals surface area contributed by atoms with E-state index in [-0.39, 0.29) is 5.56 Å². The summed E-state index contributed by atoms with van der Waals surface area (Å²) in [7, 11) is 0. The van der Waals surface area contributed by atoms with E-state index in [9.17, 15) is 9.18 Å². The second-order valence-corrected chi connectivity index (χ2v) is 4.91. The van der Waals surface area contributed by atoms with Gasteiger partial charge in [0.05, 0.1) is 12.2 Å². The average Bonchev–Trinajstić information content (AvgIpc) is 2.89. The Morgan fingerprint density at radius 1 is 1.63 bits per heavy atom. The van der Waals surface area contributed by atoms with Gasteiger partial charge in [-0.25, -0.2) is 9.18 Å². The van der Waals surface area contributed by atoms with Gasteiger partial charge in [-0.05, 0) is 37.0 Å². The lowest BCUT2D eigenvalue weighted by Crippen LogP contribution is -2.33. The molecule has 1 aromatic rings. The summed E-state index contributed by atoms with van der Waals surface area (Å²) in [4.78, 5) is 10.7. The first-order chi connectivity index (χ1) is 9.08. The third kappa shape index (κ3) is 3.52. The normalized spacial score (nSPS) is 20.4. The number of halogens is 1. The Morgan fingerprint density at radius 3 is 3.00 bits per heavy atom. The molecular weight excluding hydrogens is 249 g/mol. The predicted molar refractivity (Wildman–Crippen MR) is 68.6 cm³/mol. The molecule has 0 aromatic heterocycles. The highest BCUT2D eigenvalue weighted by Gasteiger charge is 2.21. The van der Waals surface area contributed by atoms with E-state index in [2.05, 4.69) is 12.2 Å². The van der Waals surface area contributed by atoms with Gasteiger partial charge in [-0.3, -0.25) is 0 Å². The van der Waals surface area contributed by atoms with Crippen LogP contribution in [-0.2, 0) is 11.3 Å². The van der Waals surface area contributed by atoms with Crippen LogP contribution < -0.4 is 5.32 Å². The van der Waals surface area contributed by atoms with E-state index < -0.39 is 11.8 Å². The number of rotatable bonds is 5. The van der Waals surface area contributed by atoms with E-state index in [0.29, 0.717) is 18.5 Å². The van der Waals surface area contributed by atoms with E-state index in [1.165, 1.54) is 12.1 Å². The van der Waals surface area contributed by atoms with Crippen molar-refractivity contribution in [2.24, 2.45) is 5.92 Å². The van der Waals surface area contributed by atoms with E-state index in [1.54, 1.807) is 6.07 Å². The molecule has 2 unspecified atom stereocenters. The Bertz CT molecular complexity index is 458. The summed E-state index contributed by atoms with van der Waals surface area (Å²) in [6.07, 6.45) is 1.04. The topological polar surface area (TPSA) is 58.6 Å². The quantitative estimate of drug-likeness (QED) is 0.857. The summed E-state index contributed by atoms with van der Waals surface area (Å²) in [6.45, 7) is 4.18. The zero-order valence-corrected chi connectivity index (χ0v) is 10.9. The lowest BCUT2D eigenvalue weighted by molar-refractivity contribution is 0.0692. The number of hydrogen-bond donors (Lipinski definition) is 2. The van der Waals surface area contributed by atoms with Crippen LogP contribution in [0.3, 0.4) is 0 Å². The van der Waals surface area contributed by atoms with Crippen LogP contribution in [0.4, 0.5) is 4.39 Å². The van der Waals surface area contributed by atoms with Crippen LogP contribution in [0.5, 0.6) is 0 Å². The molecule has 0 saturated carbocycles. The largest absolute Gasteiger partial charge is 0.478 e. The molecule has 1 aliphatic rings. The summed E-state index contributed by atoms with van der Waals surface area (Å²) in [5.41, 5.74) is 0.453. The molecule has 1 aliphatic heterocycles. The fourth-order valence-corrected chi connectivity index (χ4v) is 2.23. The van der Waals surface area contributed by atoms with Crippen LogP contribution in [0.25, 0.3) is 0 Å². The van der Waals surface area contributed by atoms with Gasteiger partial charge in [-0.15, -0.1) is 0 Å². The summed E-state index contributed by atoms with van der Waals surface area (Å²) < 4.78 is 18.8. The molecule has 2 N–H and O–H groups in total. The second kappa shape index (κ2) is 6.12. The smallest absolute Gasteiger partial charge is 0.338 e. The van der Waals surface area contributed by atoms with Gasteiger partial charge in [0, 0.05) is 19.2 Å². The second-order valence-electron chi connectivity index (χ2n) is 4.91. The van der Waals surface area contributed by atoms with Crippen LogP contribution in [-0.4, -0.2) is 30.3 Å². The number of benzene rings is 1. The van der Waals surface area contributed by atoms with Gasteiger partial charge in [0.2, 0.25) is 0 Å². The maximum atomic E-state index is 13.5. The number of ether oxygens (including phenoxy) is 1. The molecule has 5 heteroatoms. The number of carbonyl (C=O) groups is 1. The van der Waals surface area contributed by atoms with E-state index in [4.69, 9.17) is 9.84 Å². The Labute approximate surface area is 111 Å². The fraction of sp³-hybridized carbons (Fsp3) is 0.500. The SMILES string of the molecule is CC(NCc1ccc(C(=O)O)c(F)c1)C1CCOC1. The van der Waals surface area contributed by atoms with E-state index in [1.807, 2.05) is 0 Å². The fourth-order valence-electron chi connectivity index (χ4n) is 2.23. The first-order valence-corrected chi connectivity index (χ1v) is 6.41. The molecule has 0 aliphatic carbocycles. The minimum absolute atomic E-state index is 0.291. The standard InChI is InChI=1S/C14H18FNO3/c1-9(11-4-5-19-8-11)16-7-10-2-3-12(14(17)18)13(15)6-10/h2-3,6,9,11,16H,4-5,7-8H2,1H3,(H,17,18). The number of hydrogen-bond acceptors (Lipinski definition) is 3. The van der Waals surface area contributed by atoms with Crippen LogP contribution in [0.15, 0.2) is 18.2 Å². The molecule has 1 fully saturated rings. The van der Waals surface area contributed by atoms with Gasteiger partial charge in [0.15, 0.2) is 0 Å². The molecule has 1 saturated heterocycles. The van der Waals surface area contributed by atoms with Crippen molar-refractivity contribution < 1.29 is 19.0 Å².